The lowest BCUT2D eigenvalue weighted by Gasteiger charge is -2.27. The van der Waals surface area contributed by atoms with Gasteiger partial charge in [0, 0.05) is 6.20 Å². The van der Waals surface area contributed by atoms with Gasteiger partial charge >= 0.3 is 5.97 Å². The van der Waals surface area contributed by atoms with Gasteiger partial charge in [0.25, 0.3) is 0 Å². The number of pyridine rings is 1. The van der Waals surface area contributed by atoms with Crippen LogP contribution < -0.4 is 5.32 Å². The molecule has 1 aromatic heterocycles. The number of nitrogens with zero attached hydrogens (tertiary/aromatic N) is 1. The summed E-state index contributed by atoms with van der Waals surface area (Å²) < 4.78 is 0. The number of carbonyl (C=O) groups is 1. The van der Waals surface area contributed by atoms with Crippen molar-refractivity contribution in [1.29, 1.82) is 0 Å². The normalized spacial score (nSPS) is 17.3. The van der Waals surface area contributed by atoms with E-state index < -0.39 is 5.97 Å². The summed E-state index contributed by atoms with van der Waals surface area (Å²) in [6.45, 7) is 0. The van der Waals surface area contributed by atoms with Crippen LogP contribution in [-0.4, -0.2) is 16.1 Å². The molecule has 4 nitrogen and oxygen atoms in total. The summed E-state index contributed by atoms with van der Waals surface area (Å²) in [7, 11) is 0. The fourth-order valence-electron chi connectivity index (χ4n) is 2.79. The number of aryl methyl sites for hydroxylation is 1. The Morgan fingerprint density at radius 1 is 1.30 bits per heavy atom. The van der Waals surface area contributed by atoms with Crippen molar-refractivity contribution in [2.75, 3.05) is 5.32 Å². The monoisotopic (exact) mass is 268 g/mol. The number of anilines is 1. The third-order valence-electron chi connectivity index (χ3n) is 3.75. The highest BCUT2D eigenvalue weighted by atomic mass is 16.4. The molecule has 1 heterocycles. The lowest BCUT2D eigenvalue weighted by molar-refractivity contribution is 0.0697. The summed E-state index contributed by atoms with van der Waals surface area (Å²) in [5.41, 5.74) is 3.46. The maximum absolute atomic E-state index is 11.2. The molecule has 2 aromatic rings. The zero-order valence-corrected chi connectivity index (χ0v) is 11.0. The van der Waals surface area contributed by atoms with Crippen molar-refractivity contribution in [2.45, 2.75) is 25.3 Å². The minimum atomic E-state index is -0.931. The van der Waals surface area contributed by atoms with E-state index in [0.717, 1.165) is 19.3 Å². The fraction of sp³-hybridized carbons (Fsp3) is 0.250. The molecule has 0 aliphatic heterocycles. The number of nitrogens with one attached hydrogen (secondary N) is 1. The number of fused-ring (bicyclic) bond motifs is 1. The van der Waals surface area contributed by atoms with Crippen molar-refractivity contribution in [3.05, 3.63) is 59.4 Å². The quantitative estimate of drug-likeness (QED) is 0.896. The molecule has 102 valence electrons. The standard InChI is InChI=1S/C16H16N2O2/c19-16(20)13-8-9-17-10-15(13)18-14-7-3-5-11-4-1-2-6-12(11)14/h1-2,4,6,8-10,14,18H,3,5,7H2,(H,19,20). The van der Waals surface area contributed by atoms with Gasteiger partial charge in [-0.2, -0.15) is 0 Å². The summed E-state index contributed by atoms with van der Waals surface area (Å²) in [5, 5.41) is 12.6. The van der Waals surface area contributed by atoms with E-state index in [2.05, 4.69) is 22.4 Å². The molecule has 0 amide bonds. The SMILES string of the molecule is O=C(O)c1ccncc1NC1CCCc2ccccc21. The molecule has 1 aromatic carbocycles. The van der Waals surface area contributed by atoms with Gasteiger partial charge < -0.3 is 10.4 Å². The van der Waals surface area contributed by atoms with Gasteiger partial charge in [-0.3, -0.25) is 4.98 Å². The third kappa shape index (κ3) is 2.37. The van der Waals surface area contributed by atoms with Crippen LogP contribution >= 0.6 is 0 Å². The van der Waals surface area contributed by atoms with Crippen LogP contribution in [0, 0.1) is 0 Å². The van der Waals surface area contributed by atoms with E-state index in [4.69, 9.17) is 0 Å². The van der Waals surface area contributed by atoms with E-state index >= 15 is 0 Å². The highest BCUT2D eigenvalue weighted by Gasteiger charge is 2.21. The molecule has 0 saturated heterocycles. The van der Waals surface area contributed by atoms with Crippen molar-refractivity contribution in [1.82, 2.24) is 4.98 Å². The van der Waals surface area contributed by atoms with Crippen molar-refractivity contribution in [3.8, 4) is 0 Å². The summed E-state index contributed by atoms with van der Waals surface area (Å²) >= 11 is 0. The Bertz CT molecular complexity index is 640. The lowest BCUT2D eigenvalue weighted by atomic mass is 9.87. The number of hydrogen-bond acceptors (Lipinski definition) is 3. The van der Waals surface area contributed by atoms with E-state index in [1.54, 1.807) is 6.20 Å². The van der Waals surface area contributed by atoms with E-state index in [1.807, 2.05) is 12.1 Å². The van der Waals surface area contributed by atoms with E-state index in [1.165, 1.54) is 23.4 Å². The van der Waals surface area contributed by atoms with Gasteiger partial charge in [0.15, 0.2) is 0 Å². The van der Waals surface area contributed by atoms with Crippen LogP contribution in [0.5, 0.6) is 0 Å². The number of hydrogen-bond donors (Lipinski definition) is 2. The van der Waals surface area contributed by atoms with Gasteiger partial charge in [-0.05, 0) is 36.5 Å². The Morgan fingerprint density at radius 3 is 3.00 bits per heavy atom. The molecule has 3 rings (SSSR count). The first kappa shape index (κ1) is 12.7. The second-order valence-corrected chi connectivity index (χ2v) is 5.01. The van der Waals surface area contributed by atoms with Crippen LogP contribution in [-0.2, 0) is 6.42 Å². The number of carboxylic acids is 1. The fourth-order valence-corrected chi connectivity index (χ4v) is 2.79. The van der Waals surface area contributed by atoms with Crippen LogP contribution in [0.4, 0.5) is 5.69 Å². The smallest absolute Gasteiger partial charge is 0.337 e. The molecule has 0 bridgehead atoms. The summed E-state index contributed by atoms with van der Waals surface area (Å²) in [5.74, 6) is -0.931. The minimum Gasteiger partial charge on any atom is -0.478 e. The molecule has 2 N–H and O–H groups in total. The van der Waals surface area contributed by atoms with Gasteiger partial charge in [-0.1, -0.05) is 24.3 Å². The molecule has 0 fully saturated rings. The van der Waals surface area contributed by atoms with Crippen LogP contribution in [0.1, 0.15) is 40.4 Å². The maximum atomic E-state index is 11.2. The Hall–Kier alpha value is -2.36. The van der Waals surface area contributed by atoms with Gasteiger partial charge in [0.2, 0.25) is 0 Å². The molecule has 1 atom stereocenters. The van der Waals surface area contributed by atoms with Gasteiger partial charge in [0.05, 0.1) is 23.5 Å². The number of aromatic nitrogens is 1. The highest BCUT2D eigenvalue weighted by molar-refractivity contribution is 5.93. The Balaban J connectivity index is 1.92. The Kier molecular flexibility index (Phi) is 3.37. The first-order valence-corrected chi connectivity index (χ1v) is 6.77. The summed E-state index contributed by atoms with van der Waals surface area (Å²) in [4.78, 5) is 15.3. The van der Waals surface area contributed by atoms with E-state index in [9.17, 15) is 9.90 Å². The van der Waals surface area contributed by atoms with Gasteiger partial charge in [-0.15, -0.1) is 0 Å². The second kappa shape index (κ2) is 5.33. The van der Waals surface area contributed by atoms with Crippen LogP contribution in [0.25, 0.3) is 0 Å². The predicted octanol–water partition coefficient (Wildman–Crippen LogP) is 3.27. The first-order chi connectivity index (χ1) is 9.75. The molecule has 1 aliphatic carbocycles. The second-order valence-electron chi connectivity index (χ2n) is 5.01. The molecule has 20 heavy (non-hydrogen) atoms. The number of benzene rings is 1. The Morgan fingerprint density at radius 2 is 2.15 bits per heavy atom. The summed E-state index contributed by atoms with van der Waals surface area (Å²) in [6.07, 6.45) is 6.29. The molecular weight excluding hydrogens is 252 g/mol. The highest BCUT2D eigenvalue weighted by Crippen LogP contribution is 2.32. The first-order valence-electron chi connectivity index (χ1n) is 6.77. The Labute approximate surface area is 117 Å². The molecular formula is C16H16N2O2. The number of rotatable bonds is 3. The molecule has 0 saturated carbocycles. The molecule has 0 spiro atoms. The average Bonchev–Trinajstić information content (AvgIpc) is 2.48. The van der Waals surface area contributed by atoms with Crippen molar-refractivity contribution >= 4 is 11.7 Å². The molecule has 0 radical (unpaired) electrons. The zero-order chi connectivity index (χ0) is 13.9. The maximum Gasteiger partial charge on any atom is 0.337 e. The zero-order valence-electron chi connectivity index (χ0n) is 11.0. The van der Waals surface area contributed by atoms with Crippen molar-refractivity contribution in [2.24, 2.45) is 0 Å². The van der Waals surface area contributed by atoms with E-state index in [0.29, 0.717) is 5.69 Å². The molecule has 1 unspecified atom stereocenters. The number of aromatic carboxylic acids is 1. The third-order valence-corrected chi connectivity index (χ3v) is 3.75. The summed E-state index contributed by atoms with van der Waals surface area (Å²) in [6, 6.07) is 10.0. The molecule has 1 aliphatic rings. The van der Waals surface area contributed by atoms with E-state index in [-0.39, 0.29) is 11.6 Å². The lowest BCUT2D eigenvalue weighted by Crippen LogP contribution is -2.18. The van der Waals surface area contributed by atoms with Crippen LogP contribution in [0.3, 0.4) is 0 Å². The molecule has 4 heteroatoms. The number of carboxylic acid groups (broad SMARTS) is 1. The average molecular weight is 268 g/mol. The minimum absolute atomic E-state index is 0.155. The largest absolute Gasteiger partial charge is 0.478 e. The van der Waals surface area contributed by atoms with Gasteiger partial charge in [0.1, 0.15) is 0 Å². The van der Waals surface area contributed by atoms with Crippen molar-refractivity contribution < 1.29 is 9.90 Å². The predicted molar refractivity (Wildman–Crippen MR) is 76.9 cm³/mol. The van der Waals surface area contributed by atoms with Gasteiger partial charge in [-0.25, -0.2) is 4.79 Å². The van der Waals surface area contributed by atoms with Crippen LogP contribution in [0.2, 0.25) is 0 Å². The van der Waals surface area contributed by atoms with Crippen molar-refractivity contribution in [3.63, 3.8) is 0 Å². The topological polar surface area (TPSA) is 62.2 Å². The van der Waals surface area contributed by atoms with Crippen LogP contribution in [0.15, 0.2) is 42.7 Å².